The van der Waals surface area contributed by atoms with Gasteiger partial charge in [0, 0.05) is 12.6 Å². The van der Waals surface area contributed by atoms with Gasteiger partial charge in [-0.3, -0.25) is 0 Å². The van der Waals surface area contributed by atoms with Crippen molar-refractivity contribution in [1.29, 1.82) is 0 Å². The van der Waals surface area contributed by atoms with Gasteiger partial charge >= 0.3 is 0 Å². The minimum Gasteiger partial charge on any atom is -0.303 e. The average Bonchev–Trinajstić information content (AvgIpc) is 2.77. The van der Waals surface area contributed by atoms with Crippen LogP contribution in [0.25, 0.3) is 5.65 Å². The van der Waals surface area contributed by atoms with Crippen molar-refractivity contribution in [2.75, 3.05) is 0 Å². The maximum Gasteiger partial charge on any atom is 0.137 e. The molecule has 0 bridgehead atoms. The molecule has 0 aliphatic heterocycles. The van der Waals surface area contributed by atoms with Crippen molar-refractivity contribution >= 4 is 17.2 Å². The van der Waals surface area contributed by atoms with Crippen molar-refractivity contribution in [1.82, 2.24) is 9.38 Å². The van der Waals surface area contributed by atoms with Crippen LogP contribution in [0.15, 0.2) is 42.6 Å². The number of hydrogen-bond acceptors (Lipinski definition) is 1. The van der Waals surface area contributed by atoms with E-state index in [2.05, 4.69) is 4.98 Å². The van der Waals surface area contributed by atoms with E-state index in [4.69, 9.17) is 11.6 Å². The van der Waals surface area contributed by atoms with E-state index in [1.165, 1.54) is 12.1 Å². The van der Waals surface area contributed by atoms with Gasteiger partial charge in [0.05, 0.1) is 17.3 Å². The number of aryl methyl sites for hydroxylation is 1. The Morgan fingerprint density at radius 2 is 1.95 bits per heavy atom. The monoisotopic (exact) mass is 288 g/mol. The number of benzene rings is 1. The van der Waals surface area contributed by atoms with Crippen LogP contribution in [0.2, 0.25) is 0 Å². The van der Waals surface area contributed by atoms with Gasteiger partial charge in [-0.15, -0.1) is 11.6 Å². The van der Waals surface area contributed by atoms with Gasteiger partial charge in [-0.05, 0) is 42.3 Å². The van der Waals surface area contributed by atoms with Gasteiger partial charge in [-0.25, -0.2) is 9.37 Å². The highest BCUT2D eigenvalue weighted by atomic mass is 35.5. The number of alkyl halides is 1. The van der Waals surface area contributed by atoms with Crippen molar-refractivity contribution in [3.8, 4) is 0 Å². The number of pyridine rings is 1. The first-order valence-electron chi connectivity index (χ1n) is 6.44. The Labute approximate surface area is 121 Å². The number of nitrogens with zero attached hydrogens (tertiary/aromatic N) is 2. The minimum absolute atomic E-state index is 0.225. The number of halogens is 2. The molecule has 0 saturated carbocycles. The molecule has 2 aromatic heterocycles. The fraction of sp³-hybridized carbons (Fsp3) is 0.188. The molecule has 0 amide bonds. The fourth-order valence-corrected chi connectivity index (χ4v) is 2.61. The highest BCUT2D eigenvalue weighted by Crippen LogP contribution is 2.19. The van der Waals surface area contributed by atoms with E-state index in [0.29, 0.717) is 12.3 Å². The zero-order valence-electron chi connectivity index (χ0n) is 11.1. The summed E-state index contributed by atoms with van der Waals surface area (Å²) in [5.41, 5.74) is 5.02. The molecule has 0 unspecified atom stereocenters. The number of hydrogen-bond donors (Lipinski definition) is 0. The van der Waals surface area contributed by atoms with Crippen LogP contribution in [0.3, 0.4) is 0 Å². The molecule has 2 heterocycles. The number of aromatic nitrogens is 2. The zero-order valence-corrected chi connectivity index (χ0v) is 11.9. The van der Waals surface area contributed by atoms with E-state index in [0.717, 1.165) is 28.2 Å². The molecule has 3 rings (SSSR count). The Hall–Kier alpha value is -1.87. The van der Waals surface area contributed by atoms with E-state index >= 15 is 0 Å². The summed E-state index contributed by atoms with van der Waals surface area (Å²) in [5.74, 6) is 0.178. The van der Waals surface area contributed by atoms with Crippen molar-refractivity contribution in [3.05, 3.63) is 70.9 Å². The summed E-state index contributed by atoms with van der Waals surface area (Å²) < 4.78 is 15.0. The first-order valence-corrected chi connectivity index (χ1v) is 6.97. The lowest BCUT2D eigenvalue weighted by Crippen LogP contribution is -1.95. The first-order chi connectivity index (χ1) is 9.67. The van der Waals surface area contributed by atoms with Crippen LogP contribution in [0.1, 0.15) is 22.5 Å². The quantitative estimate of drug-likeness (QED) is 0.663. The maximum atomic E-state index is 12.9. The Kier molecular flexibility index (Phi) is 3.45. The van der Waals surface area contributed by atoms with E-state index in [9.17, 15) is 4.39 Å². The molecular weight excluding hydrogens is 275 g/mol. The van der Waals surface area contributed by atoms with E-state index in [1.54, 1.807) is 12.1 Å². The Bertz CT molecular complexity index is 747. The largest absolute Gasteiger partial charge is 0.303 e. The first kappa shape index (κ1) is 13.1. The van der Waals surface area contributed by atoms with Crippen LogP contribution in [0.4, 0.5) is 4.39 Å². The van der Waals surface area contributed by atoms with Crippen LogP contribution in [0, 0.1) is 12.7 Å². The Morgan fingerprint density at radius 1 is 1.20 bits per heavy atom. The lowest BCUT2D eigenvalue weighted by Gasteiger charge is -2.02. The summed E-state index contributed by atoms with van der Waals surface area (Å²) in [6.45, 7) is 2.04. The van der Waals surface area contributed by atoms with Gasteiger partial charge in [0.2, 0.25) is 0 Å². The summed E-state index contributed by atoms with van der Waals surface area (Å²) in [6.07, 6.45) is 2.65. The molecule has 0 saturated heterocycles. The van der Waals surface area contributed by atoms with Crippen LogP contribution in [-0.4, -0.2) is 9.38 Å². The van der Waals surface area contributed by atoms with Crippen LogP contribution < -0.4 is 0 Å². The van der Waals surface area contributed by atoms with Gasteiger partial charge in [0.15, 0.2) is 0 Å². The fourth-order valence-electron chi connectivity index (χ4n) is 2.32. The lowest BCUT2D eigenvalue weighted by atomic mass is 10.1. The molecule has 102 valence electrons. The SMILES string of the molecule is Cc1ccn2c(CCl)c(Cc3ccc(F)cc3)nc2c1. The Balaban J connectivity index is 2.04. The lowest BCUT2D eigenvalue weighted by molar-refractivity contribution is 0.627. The van der Waals surface area contributed by atoms with Crippen molar-refractivity contribution in [2.45, 2.75) is 19.2 Å². The number of fused-ring (bicyclic) bond motifs is 1. The second-order valence-corrected chi connectivity index (χ2v) is 5.14. The highest BCUT2D eigenvalue weighted by molar-refractivity contribution is 6.17. The van der Waals surface area contributed by atoms with Crippen molar-refractivity contribution in [3.63, 3.8) is 0 Å². The molecule has 0 spiro atoms. The zero-order chi connectivity index (χ0) is 14.1. The predicted molar refractivity (Wildman–Crippen MR) is 78.7 cm³/mol. The predicted octanol–water partition coefficient (Wildman–Crippen LogP) is 4.11. The van der Waals surface area contributed by atoms with Crippen molar-refractivity contribution in [2.24, 2.45) is 0 Å². The molecule has 3 aromatic rings. The average molecular weight is 289 g/mol. The molecule has 0 N–H and O–H groups in total. The van der Waals surface area contributed by atoms with E-state index < -0.39 is 0 Å². The van der Waals surface area contributed by atoms with Gasteiger partial charge < -0.3 is 4.40 Å². The molecular formula is C16H14ClFN2. The third-order valence-electron chi connectivity index (χ3n) is 3.37. The maximum absolute atomic E-state index is 12.9. The third kappa shape index (κ3) is 2.41. The van der Waals surface area contributed by atoms with E-state index in [-0.39, 0.29) is 5.82 Å². The van der Waals surface area contributed by atoms with Gasteiger partial charge in [0.1, 0.15) is 11.5 Å². The minimum atomic E-state index is -0.225. The molecule has 0 fully saturated rings. The van der Waals surface area contributed by atoms with Gasteiger partial charge in [-0.2, -0.15) is 0 Å². The third-order valence-corrected chi connectivity index (χ3v) is 3.63. The number of rotatable bonds is 3. The smallest absolute Gasteiger partial charge is 0.137 e. The topological polar surface area (TPSA) is 17.3 Å². The molecule has 1 aromatic carbocycles. The molecule has 0 atom stereocenters. The summed E-state index contributed by atoms with van der Waals surface area (Å²) >= 11 is 6.06. The summed E-state index contributed by atoms with van der Waals surface area (Å²) in [7, 11) is 0. The van der Waals surface area contributed by atoms with Crippen molar-refractivity contribution < 1.29 is 4.39 Å². The van der Waals surface area contributed by atoms with Crippen LogP contribution >= 0.6 is 11.6 Å². The number of imidazole rings is 1. The molecule has 0 aliphatic rings. The standard InChI is InChI=1S/C16H14ClFN2/c1-11-6-7-20-15(10-17)14(19-16(20)8-11)9-12-2-4-13(18)5-3-12/h2-8H,9-10H2,1H3. The van der Waals surface area contributed by atoms with E-state index in [1.807, 2.05) is 29.7 Å². The molecule has 20 heavy (non-hydrogen) atoms. The summed E-state index contributed by atoms with van der Waals surface area (Å²) in [6, 6.07) is 10.6. The second-order valence-electron chi connectivity index (χ2n) is 4.87. The summed E-state index contributed by atoms with van der Waals surface area (Å²) in [4.78, 5) is 4.65. The van der Waals surface area contributed by atoms with Gasteiger partial charge in [-0.1, -0.05) is 12.1 Å². The van der Waals surface area contributed by atoms with Crippen LogP contribution in [-0.2, 0) is 12.3 Å². The second kappa shape index (κ2) is 5.25. The summed E-state index contributed by atoms with van der Waals surface area (Å²) in [5, 5.41) is 0. The Morgan fingerprint density at radius 3 is 2.65 bits per heavy atom. The molecule has 2 nitrogen and oxygen atoms in total. The van der Waals surface area contributed by atoms with Gasteiger partial charge in [0.25, 0.3) is 0 Å². The normalized spacial score (nSPS) is 11.2. The molecule has 4 heteroatoms. The highest BCUT2D eigenvalue weighted by Gasteiger charge is 2.11. The molecule has 0 radical (unpaired) electrons. The molecule has 0 aliphatic carbocycles. The van der Waals surface area contributed by atoms with Crippen LogP contribution in [0.5, 0.6) is 0 Å².